The summed E-state index contributed by atoms with van der Waals surface area (Å²) < 4.78 is 0.883. The van der Waals surface area contributed by atoms with Gasteiger partial charge in [0.2, 0.25) is 11.0 Å². The molecule has 1 aromatic rings. The summed E-state index contributed by atoms with van der Waals surface area (Å²) in [5.41, 5.74) is 0. The Kier molecular flexibility index (Phi) is 7.61. The van der Waals surface area contributed by atoms with E-state index in [0.29, 0.717) is 29.8 Å². The van der Waals surface area contributed by atoms with Crippen LogP contribution in [0.25, 0.3) is 0 Å². The minimum absolute atomic E-state index is 0.308. The molecule has 0 unspecified atom stereocenters. The number of carbonyl (C=O) groups is 1. The molecular formula is C19H32N4OS2. The largest absolute Gasteiger partial charge is 0.358 e. The van der Waals surface area contributed by atoms with Gasteiger partial charge < -0.3 is 10.2 Å². The van der Waals surface area contributed by atoms with Crippen molar-refractivity contribution in [2.24, 2.45) is 0 Å². The standard InChI is InChI=1S/C19H32N4OS2/c1-14(2)20-18-21-22-19(26-18)25-13-17(24)23(15-9-5-3-6-10-15)16-11-7-4-8-12-16/h14-16H,3-13H2,1-2H3,(H,20,21). The lowest BCUT2D eigenvalue weighted by atomic mass is 9.88. The molecule has 146 valence electrons. The molecule has 7 heteroatoms. The Morgan fingerprint density at radius 3 is 2.19 bits per heavy atom. The van der Waals surface area contributed by atoms with E-state index < -0.39 is 0 Å². The monoisotopic (exact) mass is 396 g/mol. The van der Waals surface area contributed by atoms with Gasteiger partial charge in [0, 0.05) is 18.1 Å². The molecular weight excluding hydrogens is 364 g/mol. The van der Waals surface area contributed by atoms with Gasteiger partial charge in [-0.2, -0.15) is 0 Å². The van der Waals surface area contributed by atoms with Gasteiger partial charge in [-0.1, -0.05) is 61.6 Å². The van der Waals surface area contributed by atoms with Crippen LogP contribution in [0.1, 0.15) is 78.1 Å². The molecule has 1 amide bonds. The van der Waals surface area contributed by atoms with Crippen molar-refractivity contribution < 1.29 is 4.79 Å². The molecule has 0 saturated heterocycles. The van der Waals surface area contributed by atoms with Crippen LogP contribution in [0, 0.1) is 0 Å². The van der Waals surface area contributed by atoms with E-state index in [4.69, 9.17) is 0 Å². The number of nitrogens with zero attached hydrogens (tertiary/aromatic N) is 3. The molecule has 2 aliphatic carbocycles. The number of aromatic nitrogens is 2. The van der Waals surface area contributed by atoms with Crippen molar-refractivity contribution in [3.63, 3.8) is 0 Å². The number of rotatable bonds is 7. The third-order valence-corrected chi connectivity index (χ3v) is 7.33. The first-order chi connectivity index (χ1) is 12.6. The maximum absolute atomic E-state index is 13.1. The summed E-state index contributed by atoms with van der Waals surface area (Å²) in [6.45, 7) is 4.17. The van der Waals surface area contributed by atoms with E-state index in [1.807, 2.05) is 0 Å². The minimum Gasteiger partial charge on any atom is -0.358 e. The first kappa shape index (κ1) is 19.9. The molecule has 26 heavy (non-hydrogen) atoms. The van der Waals surface area contributed by atoms with Gasteiger partial charge in [0.1, 0.15) is 0 Å². The first-order valence-electron chi connectivity index (χ1n) is 10.2. The Labute approximate surface area is 165 Å². The highest BCUT2D eigenvalue weighted by atomic mass is 32.2. The van der Waals surface area contributed by atoms with Crippen LogP contribution in [0.15, 0.2) is 4.34 Å². The molecule has 0 aliphatic heterocycles. The smallest absolute Gasteiger partial charge is 0.233 e. The van der Waals surface area contributed by atoms with Crippen molar-refractivity contribution in [2.75, 3.05) is 11.1 Å². The molecule has 3 rings (SSSR count). The number of hydrogen-bond donors (Lipinski definition) is 1. The summed E-state index contributed by atoms with van der Waals surface area (Å²) in [4.78, 5) is 15.4. The number of hydrogen-bond acceptors (Lipinski definition) is 6. The lowest BCUT2D eigenvalue weighted by Gasteiger charge is -2.41. The molecule has 0 aromatic carbocycles. The SMILES string of the molecule is CC(C)Nc1nnc(SCC(=O)N(C2CCCCC2)C2CCCCC2)s1. The summed E-state index contributed by atoms with van der Waals surface area (Å²) in [7, 11) is 0. The van der Waals surface area contributed by atoms with E-state index in [-0.39, 0.29) is 0 Å². The van der Waals surface area contributed by atoms with Gasteiger partial charge in [-0.15, -0.1) is 10.2 Å². The Bertz CT molecular complexity index is 548. The van der Waals surface area contributed by atoms with Gasteiger partial charge in [-0.25, -0.2) is 0 Å². The average Bonchev–Trinajstić information content (AvgIpc) is 3.09. The summed E-state index contributed by atoms with van der Waals surface area (Å²) >= 11 is 3.09. The van der Waals surface area contributed by atoms with Crippen molar-refractivity contribution in [3.05, 3.63) is 0 Å². The van der Waals surface area contributed by atoms with Crippen LogP contribution >= 0.6 is 23.1 Å². The topological polar surface area (TPSA) is 58.1 Å². The van der Waals surface area contributed by atoms with Crippen molar-refractivity contribution in [2.45, 2.75) is 101 Å². The molecule has 2 fully saturated rings. The fraction of sp³-hybridized carbons (Fsp3) is 0.842. The van der Waals surface area contributed by atoms with Gasteiger partial charge in [-0.05, 0) is 39.5 Å². The molecule has 0 radical (unpaired) electrons. The van der Waals surface area contributed by atoms with Gasteiger partial charge >= 0.3 is 0 Å². The fourth-order valence-electron chi connectivity index (χ4n) is 4.20. The lowest BCUT2D eigenvalue weighted by molar-refractivity contribution is -0.135. The molecule has 0 bridgehead atoms. The van der Waals surface area contributed by atoms with Crippen molar-refractivity contribution in [1.82, 2.24) is 15.1 Å². The summed E-state index contributed by atoms with van der Waals surface area (Å²) in [5, 5.41) is 12.5. The van der Waals surface area contributed by atoms with Gasteiger partial charge in [0.05, 0.1) is 5.75 Å². The molecule has 1 heterocycles. The minimum atomic E-state index is 0.308. The fourth-order valence-corrected chi connectivity index (χ4v) is 5.96. The third kappa shape index (κ3) is 5.59. The van der Waals surface area contributed by atoms with Gasteiger partial charge in [-0.3, -0.25) is 4.79 Å². The zero-order valence-electron chi connectivity index (χ0n) is 16.1. The molecule has 2 saturated carbocycles. The predicted molar refractivity (Wildman–Crippen MR) is 110 cm³/mol. The maximum Gasteiger partial charge on any atom is 0.233 e. The van der Waals surface area contributed by atoms with Crippen LogP contribution in [-0.4, -0.2) is 44.9 Å². The van der Waals surface area contributed by atoms with Gasteiger partial charge in [0.25, 0.3) is 0 Å². The highest BCUT2D eigenvalue weighted by molar-refractivity contribution is 8.01. The van der Waals surface area contributed by atoms with E-state index >= 15 is 0 Å². The average molecular weight is 397 g/mol. The first-order valence-corrected chi connectivity index (χ1v) is 12.0. The van der Waals surface area contributed by atoms with E-state index in [1.165, 1.54) is 64.2 Å². The van der Waals surface area contributed by atoms with Crippen LogP contribution in [0.4, 0.5) is 5.13 Å². The molecule has 1 aromatic heterocycles. The van der Waals surface area contributed by atoms with E-state index in [9.17, 15) is 4.79 Å². The summed E-state index contributed by atoms with van der Waals surface area (Å²) in [5.74, 6) is 0.797. The summed E-state index contributed by atoms with van der Waals surface area (Å²) in [6, 6.07) is 1.27. The van der Waals surface area contributed by atoms with Crippen LogP contribution < -0.4 is 5.32 Å². The Morgan fingerprint density at radius 2 is 1.65 bits per heavy atom. The van der Waals surface area contributed by atoms with Crippen molar-refractivity contribution in [1.29, 1.82) is 0 Å². The van der Waals surface area contributed by atoms with E-state index in [1.54, 1.807) is 23.1 Å². The Morgan fingerprint density at radius 1 is 1.08 bits per heavy atom. The van der Waals surface area contributed by atoms with Crippen LogP contribution in [0.2, 0.25) is 0 Å². The molecule has 1 N–H and O–H groups in total. The van der Waals surface area contributed by atoms with E-state index in [0.717, 1.165) is 9.47 Å². The number of thioether (sulfide) groups is 1. The van der Waals surface area contributed by atoms with Crippen LogP contribution in [-0.2, 0) is 4.79 Å². The van der Waals surface area contributed by atoms with E-state index in [2.05, 4.69) is 34.3 Å². The number of amides is 1. The third-order valence-electron chi connectivity index (χ3n) is 5.36. The number of carbonyl (C=O) groups excluding carboxylic acids is 1. The number of anilines is 1. The maximum atomic E-state index is 13.1. The zero-order valence-corrected chi connectivity index (χ0v) is 17.7. The molecule has 0 atom stereocenters. The second kappa shape index (κ2) is 9.93. The van der Waals surface area contributed by atoms with Crippen LogP contribution in [0.3, 0.4) is 0 Å². The Hall–Kier alpha value is -0.820. The lowest BCUT2D eigenvalue weighted by Crippen LogP contribution is -2.49. The summed E-state index contributed by atoms with van der Waals surface area (Å²) in [6.07, 6.45) is 12.5. The quantitative estimate of drug-likeness (QED) is 0.661. The van der Waals surface area contributed by atoms with Crippen molar-refractivity contribution >= 4 is 34.1 Å². The second-order valence-corrected chi connectivity index (χ2v) is 10.0. The zero-order chi connectivity index (χ0) is 18.4. The van der Waals surface area contributed by atoms with Crippen LogP contribution in [0.5, 0.6) is 0 Å². The molecule has 2 aliphatic rings. The normalized spacial score (nSPS) is 19.7. The molecule has 0 spiro atoms. The highest BCUT2D eigenvalue weighted by Crippen LogP contribution is 2.32. The molecule has 5 nitrogen and oxygen atoms in total. The predicted octanol–water partition coefficient (Wildman–Crippen LogP) is 4.94. The van der Waals surface area contributed by atoms with Gasteiger partial charge in [0.15, 0.2) is 4.34 Å². The van der Waals surface area contributed by atoms with Crippen molar-refractivity contribution in [3.8, 4) is 0 Å². The Balaban J connectivity index is 1.60. The highest BCUT2D eigenvalue weighted by Gasteiger charge is 2.32. The number of nitrogens with one attached hydrogen (secondary N) is 1. The second-order valence-electron chi connectivity index (χ2n) is 7.85.